The lowest BCUT2D eigenvalue weighted by Gasteiger charge is -2.17. The lowest BCUT2D eigenvalue weighted by atomic mass is 10.1. The van der Waals surface area contributed by atoms with Gasteiger partial charge in [-0.05, 0) is 36.2 Å². The molecule has 1 amide bonds. The van der Waals surface area contributed by atoms with Gasteiger partial charge in [-0.25, -0.2) is 0 Å². The van der Waals surface area contributed by atoms with Crippen molar-refractivity contribution in [2.24, 2.45) is 0 Å². The second-order valence-electron chi connectivity index (χ2n) is 6.96. The van der Waals surface area contributed by atoms with Crippen LogP contribution in [0.15, 0.2) is 90.3 Å². The predicted molar refractivity (Wildman–Crippen MR) is 124 cm³/mol. The van der Waals surface area contributed by atoms with Crippen LogP contribution in [0.1, 0.15) is 24.2 Å². The van der Waals surface area contributed by atoms with Crippen LogP contribution in [0.4, 0.5) is 5.69 Å². The van der Waals surface area contributed by atoms with E-state index in [1.165, 1.54) is 11.8 Å². The van der Waals surface area contributed by atoms with Gasteiger partial charge in [0, 0.05) is 30.2 Å². The third-order valence-corrected chi connectivity index (χ3v) is 5.94. The molecule has 156 valence electrons. The van der Waals surface area contributed by atoms with Crippen LogP contribution in [0.3, 0.4) is 0 Å². The lowest BCUT2D eigenvalue weighted by Crippen LogP contribution is -2.19. The quantitative estimate of drug-likeness (QED) is 0.389. The molecular formula is C24H23N5OS. The van der Waals surface area contributed by atoms with Gasteiger partial charge in [0.2, 0.25) is 5.91 Å². The summed E-state index contributed by atoms with van der Waals surface area (Å²) in [4.78, 5) is 17.4. The second-order valence-corrected chi connectivity index (χ2v) is 8.03. The summed E-state index contributed by atoms with van der Waals surface area (Å²) >= 11 is 1.41. The molecule has 2 aromatic heterocycles. The summed E-state index contributed by atoms with van der Waals surface area (Å²) in [7, 11) is 0. The Morgan fingerprint density at radius 1 is 0.968 bits per heavy atom. The molecule has 4 rings (SSSR count). The van der Waals surface area contributed by atoms with Gasteiger partial charge in [0.25, 0.3) is 0 Å². The lowest BCUT2D eigenvalue weighted by molar-refractivity contribution is -0.115. The van der Waals surface area contributed by atoms with Crippen LogP contribution in [0.2, 0.25) is 0 Å². The smallest absolute Gasteiger partial charge is 0.242 e. The van der Waals surface area contributed by atoms with Gasteiger partial charge in [0.05, 0.1) is 0 Å². The van der Waals surface area contributed by atoms with Crippen LogP contribution in [0.25, 0.3) is 11.4 Å². The normalized spacial score (nSPS) is 11.8. The maximum atomic E-state index is 13.3. The van der Waals surface area contributed by atoms with Crippen molar-refractivity contribution in [3.8, 4) is 11.4 Å². The summed E-state index contributed by atoms with van der Waals surface area (Å²) in [6, 6.07) is 23.1. The minimum absolute atomic E-state index is 0.0982. The Morgan fingerprint density at radius 2 is 1.65 bits per heavy atom. The molecule has 31 heavy (non-hydrogen) atoms. The number of hydrogen-bond acceptors (Lipinski definition) is 5. The molecule has 0 radical (unpaired) electrons. The molecule has 1 unspecified atom stereocenters. The number of hydrogen-bond donors (Lipinski definition) is 1. The van der Waals surface area contributed by atoms with E-state index in [1.807, 2.05) is 72.8 Å². The molecule has 0 aliphatic carbocycles. The third-order valence-electron chi connectivity index (χ3n) is 4.71. The van der Waals surface area contributed by atoms with Crippen molar-refractivity contribution in [3.63, 3.8) is 0 Å². The van der Waals surface area contributed by atoms with Crippen molar-refractivity contribution < 1.29 is 4.79 Å². The number of para-hydroxylation sites is 1. The van der Waals surface area contributed by atoms with Gasteiger partial charge < -0.3 is 9.88 Å². The van der Waals surface area contributed by atoms with E-state index in [0.29, 0.717) is 5.16 Å². The monoisotopic (exact) mass is 429 g/mol. The van der Waals surface area contributed by atoms with Gasteiger partial charge in [-0.2, -0.15) is 0 Å². The molecule has 0 aliphatic rings. The predicted octanol–water partition coefficient (Wildman–Crippen LogP) is 5.22. The van der Waals surface area contributed by atoms with E-state index in [1.54, 1.807) is 12.4 Å². The first kappa shape index (κ1) is 20.8. The topological polar surface area (TPSA) is 72.7 Å². The Hall–Kier alpha value is -3.45. The van der Waals surface area contributed by atoms with Crippen molar-refractivity contribution in [3.05, 3.63) is 90.8 Å². The largest absolute Gasteiger partial charge is 0.325 e. The molecule has 7 heteroatoms. The number of benzene rings is 2. The van der Waals surface area contributed by atoms with Crippen molar-refractivity contribution in [2.45, 2.75) is 30.3 Å². The highest BCUT2D eigenvalue weighted by atomic mass is 32.2. The van der Waals surface area contributed by atoms with Crippen molar-refractivity contribution in [1.82, 2.24) is 19.7 Å². The first-order valence-corrected chi connectivity index (χ1v) is 11.1. The second kappa shape index (κ2) is 10.0. The summed E-state index contributed by atoms with van der Waals surface area (Å²) in [5.41, 5.74) is 2.63. The molecular weight excluding hydrogens is 406 g/mol. The number of thioether (sulfide) groups is 1. The molecule has 0 saturated carbocycles. The minimum Gasteiger partial charge on any atom is -0.325 e. The van der Waals surface area contributed by atoms with Crippen LogP contribution in [0.5, 0.6) is 0 Å². The van der Waals surface area contributed by atoms with Crippen LogP contribution in [-0.4, -0.2) is 25.7 Å². The standard InChI is InChI=1S/C24H23N5OS/c1-2-17-29-22(19-13-15-25-16-14-19)27-28-24(29)31-21(18-9-5-3-6-10-18)23(30)26-20-11-7-4-8-12-20/h3-16,21H,2,17H2,1H3,(H,26,30). The number of anilines is 1. The fourth-order valence-electron chi connectivity index (χ4n) is 3.25. The van der Waals surface area contributed by atoms with E-state index < -0.39 is 5.25 Å². The molecule has 4 aromatic rings. The average Bonchev–Trinajstić information content (AvgIpc) is 3.22. The molecule has 0 spiro atoms. The summed E-state index contributed by atoms with van der Waals surface area (Å²) in [6.07, 6.45) is 4.41. The Bertz CT molecular complexity index is 1120. The van der Waals surface area contributed by atoms with Crippen molar-refractivity contribution in [1.29, 1.82) is 0 Å². The number of carbonyl (C=O) groups excluding carboxylic acids is 1. The number of pyridine rings is 1. The molecule has 6 nitrogen and oxygen atoms in total. The van der Waals surface area contributed by atoms with Gasteiger partial charge in [0.1, 0.15) is 5.25 Å². The number of amides is 1. The fourth-order valence-corrected chi connectivity index (χ4v) is 4.31. The van der Waals surface area contributed by atoms with Crippen LogP contribution in [0, 0.1) is 0 Å². The zero-order valence-electron chi connectivity index (χ0n) is 17.2. The number of nitrogens with one attached hydrogen (secondary N) is 1. The first-order valence-electron chi connectivity index (χ1n) is 10.2. The number of carbonyl (C=O) groups is 1. The zero-order chi connectivity index (χ0) is 21.5. The highest BCUT2D eigenvalue weighted by molar-refractivity contribution is 8.00. The van der Waals surface area contributed by atoms with Gasteiger partial charge in [-0.1, -0.05) is 67.2 Å². The third kappa shape index (κ3) is 5.00. The molecule has 0 aliphatic heterocycles. The molecule has 1 atom stereocenters. The Labute approximate surface area is 185 Å². The van der Waals surface area contributed by atoms with Gasteiger partial charge in [-0.3, -0.25) is 9.78 Å². The first-order chi connectivity index (χ1) is 15.3. The molecule has 1 N–H and O–H groups in total. The zero-order valence-corrected chi connectivity index (χ0v) is 18.0. The molecule has 0 fully saturated rings. The maximum Gasteiger partial charge on any atom is 0.242 e. The van der Waals surface area contributed by atoms with Crippen LogP contribution >= 0.6 is 11.8 Å². The van der Waals surface area contributed by atoms with Crippen molar-refractivity contribution >= 4 is 23.4 Å². The summed E-state index contributed by atoms with van der Waals surface area (Å²) in [5, 5.41) is 12.1. The minimum atomic E-state index is -0.466. The fraction of sp³-hybridized carbons (Fsp3) is 0.167. The molecule has 0 bridgehead atoms. The highest BCUT2D eigenvalue weighted by Gasteiger charge is 2.26. The Morgan fingerprint density at radius 3 is 2.32 bits per heavy atom. The van der Waals surface area contributed by atoms with E-state index in [9.17, 15) is 4.79 Å². The highest BCUT2D eigenvalue weighted by Crippen LogP contribution is 2.37. The summed E-state index contributed by atoms with van der Waals surface area (Å²) in [5.74, 6) is 0.681. The molecule has 2 aromatic carbocycles. The number of nitrogens with zero attached hydrogens (tertiary/aromatic N) is 4. The number of aromatic nitrogens is 4. The van der Waals surface area contributed by atoms with E-state index >= 15 is 0 Å². The maximum absolute atomic E-state index is 13.3. The summed E-state index contributed by atoms with van der Waals surface area (Å²) in [6.45, 7) is 2.87. The Balaban J connectivity index is 1.67. The van der Waals surface area contributed by atoms with E-state index in [-0.39, 0.29) is 5.91 Å². The number of rotatable bonds is 8. The van der Waals surface area contributed by atoms with Gasteiger partial charge in [-0.15, -0.1) is 10.2 Å². The van der Waals surface area contributed by atoms with Crippen molar-refractivity contribution in [2.75, 3.05) is 5.32 Å². The SMILES string of the molecule is CCCn1c(SC(C(=O)Nc2ccccc2)c2ccccc2)nnc1-c1ccncc1. The van der Waals surface area contributed by atoms with Gasteiger partial charge >= 0.3 is 0 Å². The average molecular weight is 430 g/mol. The van der Waals surface area contributed by atoms with Gasteiger partial charge in [0.15, 0.2) is 11.0 Å². The van der Waals surface area contributed by atoms with E-state index in [4.69, 9.17) is 0 Å². The summed E-state index contributed by atoms with van der Waals surface area (Å²) < 4.78 is 2.08. The van der Waals surface area contributed by atoms with Crippen LogP contribution < -0.4 is 5.32 Å². The van der Waals surface area contributed by atoms with E-state index in [2.05, 4.69) is 32.0 Å². The van der Waals surface area contributed by atoms with Crippen LogP contribution in [-0.2, 0) is 11.3 Å². The Kier molecular flexibility index (Phi) is 6.74. The molecule has 0 saturated heterocycles. The molecule has 2 heterocycles. The van der Waals surface area contributed by atoms with E-state index in [0.717, 1.165) is 35.6 Å².